The van der Waals surface area contributed by atoms with Gasteiger partial charge in [0.2, 0.25) is 0 Å². The average Bonchev–Trinajstić information content (AvgIpc) is 3.05. The second-order valence-electron chi connectivity index (χ2n) is 7.03. The maximum atomic E-state index is 12.3. The molecule has 4 rings (SSSR count). The van der Waals surface area contributed by atoms with Crippen molar-refractivity contribution in [3.05, 3.63) is 84.2 Å². The molecule has 4 aromatic rings. The smallest absolute Gasteiger partial charge is 0.319 e. The van der Waals surface area contributed by atoms with Crippen LogP contribution in [0.25, 0.3) is 16.5 Å². The fourth-order valence-corrected chi connectivity index (χ4v) is 3.39. The van der Waals surface area contributed by atoms with E-state index in [9.17, 15) is 4.79 Å². The second kappa shape index (κ2) is 8.69. The number of nitrogens with one attached hydrogen (secondary N) is 2. The Balaban J connectivity index is 1.31. The Morgan fingerprint density at radius 3 is 2.50 bits per heavy atom. The van der Waals surface area contributed by atoms with E-state index < -0.39 is 0 Å². The maximum Gasteiger partial charge on any atom is 0.319 e. The predicted molar refractivity (Wildman–Crippen MR) is 120 cm³/mol. The lowest BCUT2D eigenvalue weighted by Crippen LogP contribution is -2.32. The summed E-state index contributed by atoms with van der Waals surface area (Å²) in [5.41, 5.74) is 3.31. The van der Waals surface area contributed by atoms with E-state index in [0.29, 0.717) is 18.8 Å². The van der Waals surface area contributed by atoms with Crippen LogP contribution in [0.4, 0.5) is 10.5 Å². The number of para-hydroxylation sites is 1. The van der Waals surface area contributed by atoms with E-state index in [1.807, 2.05) is 85.3 Å². The van der Waals surface area contributed by atoms with Crippen molar-refractivity contribution >= 4 is 22.5 Å². The topological polar surface area (TPSA) is 68.2 Å². The minimum Gasteiger partial charge on any atom is -0.492 e. The van der Waals surface area contributed by atoms with Crippen molar-refractivity contribution in [2.75, 3.05) is 18.5 Å². The number of anilines is 1. The molecule has 0 radical (unpaired) electrons. The van der Waals surface area contributed by atoms with Crippen LogP contribution in [-0.4, -0.2) is 29.0 Å². The molecular weight excluding hydrogens is 376 g/mol. The summed E-state index contributed by atoms with van der Waals surface area (Å²) in [5, 5.41) is 12.6. The zero-order valence-electron chi connectivity index (χ0n) is 17.1. The molecule has 152 valence electrons. The molecule has 0 atom stereocenters. The number of ether oxygens (including phenoxy) is 1. The molecule has 0 unspecified atom stereocenters. The lowest BCUT2D eigenvalue weighted by molar-refractivity contribution is 0.247. The van der Waals surface area contributed by atoms with Gasteiger partial charge in [-0.1, -0.05) is 48.5 Å². The molecule has 3 aromatic carbocycles. The number of aromatic nitrogens is 2. The molecule has 0 aliphatic heterocycles. The van der Waals surface area contributed by atoms with Crippen molar-refractivity contribution in [3.8, 4) is 11.4 Å². The highest BCUT2D eigenvalue weighted by Crippen LogP contribution is 2.23. The number of hydrogen-bond donors (Lipinski definition) is 2. The van der Waals surface area contributed by atoms with Crippen molar-refractivity contribution < 1.29 is 9.53 Å². The van der Waals surface area contributed by atoms with Crippen LogP contribution in [0.1, 0.15) is 11.4 Å². The molecule has 2 N–H and O–H groups in total. The Morgan fingerprint density at radius 2 is 1.70 bits per heavy atom. The van der Waals surface area contributed by atoms with Crippen LogP contribution in [0.5, 0.6) is 5.75 Å². The van der Waals surface area contributed by atoms with E-state index in [-0.39, 0.29) is 6.03 Å². The third-order valence-electron chi connectivity index (χ3n) is 4.91. The number of urea groups is 1. The fraction of sp³-hybridized carbons (Fsp3) is 0.167. The summed E-state index contributed by atoms with van der Waals surface area (Å²) in [6, 6.07) is 23.7. The fourth-order valence-electron chi connectivity index (χ4n) is 3.39. The van der Waals surface area contributed by atoms with Crippen molar-refractivity contribution in [2.45, 2.75) is 13.8 Å². The predicted octanol–water partition coefficient (Wildman–Crippen LogP) is 4.84. The van der Waals surface area contributed by atoms with E-state index in [0.717, 1.165) is 28.2 Å². The molecule has 0 aliphatic rings. The van der Waals surface area contributed by atoms with Gasteiger partial charge in [0.1, 0.15) is 12.4 Å². The van der Waals surface area contributed by atoms with E-state index >= 15 is 0 Å². The quantitative estimate of drug-likeness (QED) is 0.455. The third kappa shape index (κ3) is 4.27. The summed E-state index contributed by atoms with van der Waals surface area (Å²) >= 11 is 0. The lowest BCUT2D eigenvalue weighted by atomic mass is 10.1. The van der Waals surface area contributed by atoms with Gasteiger partial charge in [0.25, 0.3) is 0 Å². The standard InChI is InChI=1S/C24H24N4O2/c1-17-23(18(2)28(27-17)21-10-4-3-5-11-21)26-24(29)25-14-15-30-22-13-12-19-8-6-7-9-20(19)16-22/h3-13,16H,14-15H2,1-2H3,(H2,25,26,29). The number of aryl methyl sites for hydroxylation is 1. The van der Waals surface area contributed by atoms with Crippen molar-refractivity contribution in [2.24, 2.45) is 0 Å². The van der Waals surface area contributed by atoms with Gasteiger partial charge in [-0.2, -0.15) is 5.10 Å². The number of hydrogen-bond acceptors (Lipinski definition) is 3. The monoisotopic (exact) mass is 400 g/mol. The number of carbonyl (C=O) groups excluding carboxylic acids is 1. The molecule has 1 heterocycles. The highest BCUT2D eigenvalue weighted by Gasteiger charge is 2.14. The van der Waals surface area contributed by atoms with Gasteiger partial charge >= 0.3 is 6.03 Å². The van der Waals surface area contributed by atoms with Gasteiger partial charge in [0.15, 0.2) is 0 Å². The zero-order chi connectivity index (χ0) is 20.9. The highest BCUT2D eigenvalue weighted by molar-refractivity contribution is 5.90. The van der Waals surface area contributed by atoms with E-state index in [2.05, 4.69) is 21.8 Å². The molecule has 0 saturated heterocycles. The van der Waals surface area contributed by atoms with Crippen LogP contribution in [-0.2, 0) is 0 Å². The lowest BCUT2D eigenvalue weighted by Gasteiger charge is -2.10. The molecule has 0 spiro atoms. The normalized spacial score (nSPS) is 10.7. The first-order valence-electron chi connectivity index (χ1n) is 9.90. The molecule has 0 fully saturated rings. The molecule has 30 heavy (non-hydrogen) atoms. The first-order valence-corrected chi connectivity index (χ1v) is 9.90. The summed E-state index contributed by atoms with van der Waals surface area (Å²) in [4.78, 5) is 12.3. The highest BCUT2D eigenvalue weighted by atomic mass is 16.5. The van der Waals surface area contributed by atoms with Gasteiger partial charge in [-0.3, -0.25) is 0 Å². The maximum absolute atomic E-state index is 12.3. The molecule has 0 saturated carbocycles. The van der Waals surface area contributed by atoms with Crippen molar-refractivity contribution in [1.29, 1.82) is 0 Å². The molecule has 6 heteroatoms. The van der Waals surface area contributed by atoms with E-state index in [4.69, 9.17) is 4.74 Å². The Kier molecular flexibility index (Phi) is 5.66. The number of benzene rings is 3. The Morgan fingerprint density at radius 1 is 0.967 bits per heavy atom. The molecule has 0 bridgehead atoms. The van der Waals surface area contributed by atoms with Crippen molar-refractivity contribution in [3.63, 3.8) is 0 Å². The number of carbonyl (C=O) groups is 1. The summed E-state index contributed by atoms with van der Waals surface area (Å²) in [6.07, 6.45) is 0. The zero-order valence-corrected chi connectivity index (χ0v) is 17.1. The summed E-state index contributed by atoms with van der Waals surface area (Å²) in [7, 11) is 0. The van der Waals surface area contributed by atoms with Gasteiger partial charge in [-0.25, -0.2) is 9.48 Å². The van der Waals surface area contributed by atoms with Gasteiger partial charge in [-0.15, -0.1) is 0 Å². The minimum absolute atomic E-state index is 0.282. The Bertz CT molecular complexity index is 1170. The first kappa shape index (κ1) is 19.5. The molecule has 0 aliphatic carbocycles. The van der Waals surface area contributed by atoms with Crippen molar-refractivity contribution in [1.82, 2.24) is 15.1 Å². The Hall–Kier alpha value is -3.80. The summed E-state index contributed by atoms with van der Waals surface area (Å²) < 4.78 is 7.59. The van der Waals surface area contributed by atoms with Gasteiger partial charge in [0.05, 0.1) is 29.3 Å². The third-order valence-corrected chi connectivity index (χ3v) is 4.91. The molecule has 6 nitrogen and oxygen atoms in total. The second-order valence-corrected chi connectivity index (χ2v) is 7.03. The summed E-state index contributed by atoms with van der Waals surface area (Å²) in [5.74, 6) is 0.784. The van der Waals surface area contributed by atoms with Crippen LogP contribution < -0.4 is 15.4 Å². The van der Waals surface area contributed by atoms with Crippen LogP contribution in [0.2, 0.25) is 0 Å². The number of rotatable bonds is 6. The van der Waals surface area contributed by atoms with E-state index in [1.54, 1.807) is 0 Å². The minimum atomic E-state index is -0.282. The van der Waals surface area contributed by atoms with Crippen LogP contribution in [0, 0.1) is 13.8 Å². The molecular formula is C24H24N4O2. The number of nitrogens with zero attached hydrogens (tertiary/aromatic N) is 2. The number of amides is 2. The number of fused-ring (bicyclic) bond motifs is 1. The first-order chi connectivity index (χ1) is 14.6. The van der Waals surface area contributed by atoms with Gasteiger partial charge in [-0.05, 0) is 48.9 Å². The van der Waals surface area contributed by atoms with E-state index in [1.165, 1.54) is 5.39 Å². The SMILES string of the molecule is Cc1nn(-c2ccccc2)c(C)c1NC(=O)NCCOc1ccc2ccccc2c1. The largest absolute Gasteiger partial charge is 0.492 e. The summed E-state index contributed by atoms with van der Waals surface area (Å²) in [6.45, 7) is 4.59. The van der Waals surface area contributed by atoms with Gasteiger partial charge < -0.3 is 15.4 Å². The van der Waals surface area contributed by atoms with Crippen LogP contribution in [0.15, 0.2) is 72.8 Å². The molecule has 2 amide bonds. The van der Waals surface area contributed by atoms with Gasteiger partial charge in [0, 0.05) is 0 Å². The average molecular weight is 400 g/mol. The van der Waals surface area contributed by atoms with Crippen LogP contribution in [0.3, 0.4) is 0 Å². The van der Waals surface area contributed by atoms with Crippen LogP contribution >= 0.6 is 0 Å². The Labute approximate surface area is 175 Å². The molecule has 1 aromatic heterocycles.